The third kappa shape index (κ3) is 3.92. The van der Waals surface area contributed by atoms with Crippen LogP contribution in [0, 0.1) is 0 Å². The minimum Gasteiger partial charge on any atom is -0.378 e. The van der Waals surface area contributed by atoms with Gasteiger partial charge in [0, 0.05) is 25.2 Å². The van der Waals surface area contributed by atoms with Crippen molar-refractivity contribution < 1.29 is 17.9 Å². The van der Waals surface area contributed by atoms with Crippen molar-refractivity contribution in [3.8, 4) is 0 Å². The van der Waals surface area contributed by atoms with Crippen molar-refractivity contribution in [3.63, 3.8) is 0 Å². The largest absolute Gasteiger partial charge is 0.401 e. The molecule has 2 aliphatic rings. The zero-order chi connectivity index (χ0) is 11.6. The van der Waals surface area contributed by atoms with E-state index in [-0.39, 0.29) is 12.1 Å². The molecule has 0 bridgehead atoms. The summed E-state index contributed by atoms with van der Waals surface area (Å²) < 4.78 is 42.3. The quantitative estimate of drug-likeness (QED) is 0.791. The summed E-state index contributed by atoms with van der Waals surface area (Å²) in [5.74, 6) is 0. The summed E-state index contributed by atoms with van der Waals surface area (Å²) in [6.07, 6.45) is -2.31. The molecular formula is C10H17F3N2O. The van der Waals surface area contributed by atoms with Gasteiger partial charge in [-0.3, -0.25) is 4.90 Å². The van der Waals surface area contributed by atoms with Crippen LogP contribution in [0.4, 0.5) is 13.2 Å². The topological polar surface area (TPSA) is 24.5 Å². The van der Waals surface area contributed by atoms with Gasteiger partial charge in [0.15, 0.2) is 0 Å². The molecule has 1 aliphatic carbocycles. The number of nitrogens with one attached hydrogen (secondary N) is 1. The van der Waals surface area contributed by atoms with Crippen LogP contribution in [0.15, 0.2) is 0 Å². The van der Waals surface area contributed by atoms with Crippen LogP contribution in [0.1, 0.15) is 12.8 Å². The molecular weight excluding hydrogens is 221 g/mol. The molecule has 0 aromatic carbocycles. The predicted molar refractivity (Wildman–Crippen MR) is 53.3 cm³/mol. The van der Waals surface area contributed by atoms with Crippen LogP contribution in [-0.2, 0) is 4.74 Å². The molecule has 0 aromatic heterocycles. The van der Waals surface area contributed by atoms with Crippen LogP contribution >= 0.6 is 0 Å². The molecule has 16 heavy (non-hydrogen) atoms. The minimum absolute atomic E-state index is 0.0386. The van der Waals surface area contributed by atoms with E-state index in [2.05, 4.69) is 5.32 Å². The Bertz CT molecular complexity index is 225. The number of halogens is 3. The highest BCUT2D eigenvalue weighted by Gasteiger charge is 2.38. The van der Waals surface area contributed by atoms with Crippen LogP contribution in [0.2, 0.25) is 0 Å². The monoisotopic (exact) mass is 238 g/mol. The first-order valence-electron chi connectivity index (χ1n) is 5.66. The summed E-state index contributed by atoms with van der Waals surface area (Å²) in [5, 5.41) is 3.18. The highest BCUT2D eigenvalue weighted by Crippen LogP contribution is 2.30. The van der Waals surface area contributed by atoms with Crippen LogP contribution in [0.3, 0.4) is 0 Å². The number of ether oxygens (including phenoxy) is 1. The lowest BCUT2D eigenvalue weighted by atomic mass is 10.2. The zero-order valence-electron chi connectivity index (χ0n) is 9.09. The van der Waals surface area contributed by atoms with Crippen molar-refractivity contribution >= 4 is 0 Å². The molecule has 0 spiro atoms. The molecule has 0 aromatic rings. The first-order valence-corrected chi connectivity index (χ1v) is 5.66. The highest BCUT2D eigenvalue weighted by atomic mass is 19.4. The maximum absolute atomic E-state index is 12.4. The van der Waals surface area contributed by atoms with Gasteiger partial charge in [-0.1, -0.05) is 0 Å². The average molecular weight is 238 g/mol. The van der Waals surface area contributed by atoms with Gasteiger partial charge in [0.25, 0.3) is 0 Å². The molecule has 2 fully saturated rings. The first kappa shape index (κ1) is 12.1. The van der Waals surface area contributed by atoms with Crippen molar-refractivity contribution in [2.24, 2.45) is 0 Å². The van der Waals surface area contributed by atoms with Gasteiger partial charge in [0.05, 0.1) is 19.8 Å². The van der Waals surface area contributed by atoms with E-state index in [0.29, 0.717) is 19.8 Å². The van der Waals surface area contributed by atoms with Gasteiger partial charge in [-0.15, -0.1) is 0 Å². The van der Waals surface area contributed by atoms with Crippen LogP contribution < -0.4 is 5.32 Å². The third-order valence-corrected chi connectivity index (χ3v) is 2.90. The lowest BCUT2D eigenvalue weighted by Gasteiger charge is -2.31. The predicted octanol–water partition coefficient (Wildman–Crippen LogP) is 1.00. The fourth-order valence-electron chi connectivity index (χ4n) is 2.03. The summed E-state index contributed by atoms with van der Waals surface area (Å²) in [4.78, 5) is 1.53. The molecule has 1 heterocycles. The molecule has 1 aliphatic heterocycles. The highest BCUT2D eigenvalue weighted by molar-refractivity contribution is 4.88. The van der Waals surface area contributed by atoms with Gasteiger partial charge >= 0.3 is 6.18 Å². The molecule has 3 nitrogen and oxygen atoms in total. The van der Waals surface area contributed by atoms with Crippen molar-refractivity contribution in [2.45, 2.75) is 31.1 Å². The van der Waals surface area contributed by atoms with Crippen LogP contribution in [-0.4, -0.2) is 56.0 Å². The van der Waals surface area contributed by atoms with Crippen molar-refractivity contribution in [2.75, 3.05) is 32.8 Å². The molecule has 1 atom stereocenters. The Morgan fingerprint density at radius 2 is 2.06 bits per heavy atom. The summed E-state index contributed by atoms with van der Waals surface area (Å²) in [6.45, 7) is 1.54. The van der Waals surface area contributed by atoms with E-state index in [9.17, 15) is 13.2 Å². The summed E-state index contributed by atoms with van der Waals surface area (Å²) in [5.41, 5.74) is 0. The smallest absolute Gasteiger partial charge is 0.378 e. The standard InChI is InChI=1S/C10H17F3N2O/c11-10(12,13)7-15(9-1-2-9)5-8-6-16-4-3-14-8/h8-9,14H,1-7H2. The van der Waals surface area contributed by atoms with Crippen LogP contribution in [0.5, 0.6) is 0 Å². The Balaban J connectivity index is 1.82. The lowest BCUT2D eigenvalue weighted by molar-refractivity contribution is -0.148. The molecule has 94 valence electrons. The third-order valence-electron chi connectivity index (χ3n) is 2.90. The first-order chi connectivity index (χ1) is 7.54. The number of hydrogen-bond acceptors (Lipinski definition) is 3. The Labute approximate surface area is 92.9 Å². The Hall–Kier alpha value is -0.330. The van der Waals surface area contributed by atoms with Crippen molar-refractivity contribution in [1.29, 1.82) is 0 Å². The normalized spacial score (nSPS) is 27.4. The number of nitrogens with zero attached hydrogens (tertiary/aromatic N) is 1. The van der Waals surface area contributed by atoms with Crippen molar-refractivity contribution in [1.82, 2.24) is 10.2 Å². The second-order valence-corrected chi connectivity index (χ2v) is 4.50. The van der Waals surface area contributed by atoms with Gasteiger partial charge in [-0.2, -0.15) is 13.2 Å². The number of hydrogen-bond donors (Lipinski definition) is 1. The van der Waals surface area contributed by atoms with Gasteiger partial charge in [-0.05, 0) is 12.8 Å². The van der Waals surface area contributed by atoms with E-state index in [1.165, 1.54) is 4.90 Å². The summed E-state index contributed by atoms with van der Waals surface area (Å²) in [6, 6.07) is 0.169. The van der Waals surface area contributed by atoms with E-state index >= 15 is 0 Å². The maximum atomic E-state index is 12.4. The van der Waals surface area contributed by atoms with E-state index in [1.54, 1.807) is 0 Å². The molecule has 1 N–H and O–H groups in total. The van der Waals surface area contributed by atoms with Gasteiger partial charge in [0.1, 0.15) is 0 Å². The maximum Gasteiger partial charge on any atom is 0.401 e. The molecule has 0 amide bonds. The number of alkyl halides is 3. The molecule has 2 rings (SSSR count). The number of rotatable bonds is 4. The van der Waals surface area contributed by atoms with Gasteiger partial charge in [-0.25, -0.2) is 0 Å². The van der Waals surface area contributed by atoms with E-state index in [0.717, 1.165) is 19.4 Å². The zero-order valence-corrected chi connectivity index (χ0v) is 9.09. The van der Waals surface area contributed by atoms with Crippen molar-refractivity contribution in [3.05, 3.63) is 0 Å². The second-order valence-electron chi connectivity index (χ2n) is 4.50. The van der Waals surface area contributed by atoms with Gasteiger partial charge in [0.2, 0.25) is 0 Å². The van der Waals surface area contributed by atoms with Gasteiger partial charge < -0.3 is 10.1 Å². The second kappa shape index (κ2) is 4.89. The fraction of sp³-hybridized carbons (Fsp3) is 1.00. The average Bonchev–Trinajstić information content (AvgIpc) is 2.99. The molecule has 0 radical (unpaired) electrons. The van der Waals surface area contributed by atoms with E-state index < -0.39 is 12.7 Å². The SMILES string of the molecule is FC(F)(F)CN(CC1COCCN1)C1CC1. The fourth-order valence-corrected chi connectivity index (χ4v) is 2.03. The van der Waals surface area contributed by atoms with Crippen LogP contribution in [0.25, 0.3) is 0 Å². The number of morpholine rings is 1. The Morgan fingerprint density at radius 3 is 2.56 bits per heavy atom. The minimum atomic E-state index is -4.10. The van der Waals surface area contributed by atoms with E-state index in [1.807, 2.05) is 0 Å². The Morgan fingerprint density at radius 1 is 1.31 bits per heavy atom. The Kier molecular flexibility index (Phi) is 3.71. The molecule has 1 saturated heterocycles. The molecule has 1 unspecified atom stereocenters. The molecule has 1 saturated carbocycles. The summed E-state index contributed by atoms with van der Waals surface area (Å²) in [7, 11) is 0. The lowest BCUT2D eigenvalue weighted by Crippen LogP contribution is -2.50. The van der Waals surface area contributed by atoms with E-state index in [4.69, 9.17) is 4.74 Å². The summed E-state index contributed by atoms with van der Waals surface area (Å²) >= 11 is 0. The molecule has 6 heteroatoms.